The lowest BCUT2D eigenvalue weighted by atomic mass is 10.0. The Labute approximate surface area is 130 Å². The second-order valence-corrected chi connectivity index (χ2v) is 6.23. The number of hydrogen-bond acceptors (Lipinski definition) is 4. The van der Waals surface area contributed by atoms with Crippen molar-refractivity contribution in [1.29, 1.82) is 0 Å². The van der Waals surface area contributed by atoms with Crippen LogP contribution in [-0.4, -0.2) is 37.3 Å². The average Bonchev–Trinajstić information content (AvgIpc) is 2.77. The predicted molar refractivity (Wildman–Crippen MR) is 85.2 cm³/mol. The molecule has 1 atom stereocenters. The molecule has 5 nitrogen and oxygen atoms in total. The quantitative estimate of drug-likeness (QED) is 0.817. The predicted octanol–water partition coefficient (Wildman–Crippen LogP) is 2.70. The highest BCUT2D eigenvalue weighted by atomic mass is 32.1. The first-order valence-corrected chi connectivity index (χ1v) is 7.82. The molecule has 1 fully saturated rings. The number of piperidine rings is 1. The topological polar surface area (TPSA) is 38.9 Å². The number of pyridine rings is 1. The molecule has 1 aliphatic heterocycles. The molecule has 0 spiro atoms. The van der Waals surface area contributed by atoms with Crippen LogP contribution in [0.1, 0.15) is 19.8 Å². The molecule has 2 aromatic rings. The van der Waals surface area contributed by atoms with Crippen LogP contribution in [0.25, 0.3) is 11.4 Å². The van der Waals surface area contributed by atoms with Crippen LogP contribution in [-0.2, 0) is 13.7 Å². The first-order chi connectivity index (χ1) is 10.1. The van der Waals surface area contributed by atoms with Gasteiger partial charge >= 0.3 is 0 Å². The lowest BCUT2D eigenvalue weighted by Crippen LogP contribution is -2.36. The summed E-state index contributed by atoms with van der Waals surface area (Å²) >= 11 is 5.53. The van der Waals surface area contributed by atoms with Gasteiger partial charge in [0.2, 0.25) is 0 Å². The lowest BCUT2D eigenvalue weighted by Gasteiger charge is -2.30. The molecule has 3 heterocycles. The van der Waals surface area contributed by atoms with Crippen LogP contribution < -0.4 is 0 Å². The highest BCUT2D eigenvalue weighted by Gasteiger charge is 2.18. The van der Waals surface area contributed by atoms with Gasteiger partial charge in [0.1, 0.15) is 0 Å². The zero-order valence-electron chi connectivity index (χ0n) is 12.6. The molecular formula is C15H21N5S. The van der Waals surface area contributed by atoms with Crippen LogP contribution in [0.5, 0.6) is 0 Å². The Morgan fingerprint density at radius 3 is 2.81 bits per heavy atom. The summed E-state index contributed by atoms with van der Waals surface area (Å²) in [4.78, 5) is 6.49. The monoisotopic (exact) mass is 303 g/mol. The number of hydrogen-bond donors (Lipinski definition) is 0. The SMILES string of the molecule is C[C@@H]1CCCN(Cn2nc(-c3ccncc3)n(C)c2=S)C1. The van der Waals surface area contributed by atoms with E-state index in [1.54, 1.807) is 12.4 Å². The molecule has 0 N–H and O–H groups in total. The third-order valence-electron chi connectivity index (χ3n) is 4.05. The van der Waals surface area contributed by atoms with Gasteiger partial charge in [0, 0.05) is 31.5 Å². The number of likely N-dealkylation sites (tertiary alicyclic amines) is 1. The summed E-state index contributed by atoms with van der Waals surface area (Å²) in [7, 11) is 1.97. The molecule has 6 heteroatoms. The Morgan fingerprint density at radius 1 is 1.33 bits per heavy atom. The minimum atomic E-state index is 0.760. The normalized spacial score (nSPS) is 19.8. The third-order valence-corrected chi connectivity index (χ3v) is 4.54. The maximum absolute atomic E-state index is 5.53. The van der Waals surface area contributed by atoms with Crippen LogP contribution in [0.3, 0.4) is 0 Å². The summed E-state index contributed by atoms with van der Waals surface area (Å²) in [6.45, 7) is 5.35. The molecule has 2 aromatic heterocycles. The minimum absolute atomic E-state index is 0.760. The Balaban J connectivity index is 1.85. The van der Waals surface area contributed by atoms with E-state index < -0.39 is 0 Å². The van der Waals surface area contributed by atoms with Crippen molar-refractivity contribution in [3.8, 4) is 11.4 Å². The fraction of sp³-hybridized carbons (Fsp3) is 0.533. The van der Waals surface area contributed by atoms with Crippen molar-refractivity contribution in [2.24, 2.45) is 13.0 Å². The van der Waals surface area contributed by atoms with Crippen molar-refractivity contribution >= 4 is 12.2 Å². The van der Waals surface area contributed by atoms with E-state index in [-0.39, 0.29) is 0 Å². The first kappa shape index (κ1) is 14.4. The minimum Gasteiger partial charge on any atom is -0.303 e. The summed E-state index contributed by atoms with van der Waals surface area (Å²) in [5.41, 5.74) is 1.05. The van der Waals surface area contributed by atoms with Crippen molar-refractivity contribution in [3.05, 3.63) is 29.3 Å². The highest BCUT2D eigenvalue weighted by Crippen LogP contribution is 2.18. The molecule has 0 bridgehead atoms. The van der Waals surface area contributed by atoms with Crippen LogP contribution >= 0.6 is 12.2 Å². The Hall–Kier alpha value is -1.53. The molecule has 1 saturated heterocycles. The van der Waals surface area contributed by atoms with Gasteiger partial charge in [-0.15, -0.1) is 0 Å². The van der Waals surface area contributed by atoms with E-state index in [0.29, 0.717) is 0 Å². The molecule has 0 aromatic carbocycles. The number of nitrogens with zero attached hydrogens (tertiary/aromatic N) is 5. The fourth-order valence-electron chi connectivity index (χ4n) is 2.94. The number of aromatic nitrogens is 4. The van der Waals surface area contributed by atoms with E-state index in [0.717, 1.165) is 41.8 Å². The standard InChI is InChI=1S/C15H21N5S/c1-12-4-3-9-19(10-12)11-20-15(21)18(2)14(17-20)13-5-7-16-8-6-13/h5-8,12H,3-4,9-11H2,1-2H3/t12-/m1/s1. The molecule has 0 saturated carbocycles. The summed E-state index contributed by atoms with van der Waals surface area (Å²) in [6.07, 6.45) is 6.15. The summed E-state index contributed by atoms with van der Waals surface area (Å²) in [5.74, 6) is 1.66. The summed E-state index contributed by atoms with van der Waals surface area (Å²) in [6, 6.07) is 3.93. The van der Waals surface area contributed by atoms with E-state index in [9.17, 15) is 0 Å². The zero-order valence-corrected chi connectivity index (χ0v) is 13.4. The largest absolute Gasteiger partial charge is 0.303 e. The lowest BCUT2D eigenvalue weighted by molar-refractivity contribution is 0.138. The van der Waals surface area contributed by atoms with Crippen LogP contribution in [0, 0.1) is 10.7 Å². The third kappa shape index (κ3) is 3.06. The first-order valence-electron chi connectivity index (χ1n) is 7.41. The average molecular weight is 303 g/mol. The van der Waals surface area contributed by atoms with Crippen LogP contribution in [0.15, 0.2) is 24.5 Å². The Bertz CT molecular complexity index is 660. The van der Waals surface area contributed by atoms with Gasteiger partial charge in [-0.25, -0.2) is 4.68 Å². The Kier molecular flexibility index (Phi) is 4.17. The van der Waals surface area contributed by atoms with Gasteiger partial charge in [-0.1, -0.05) is 6.92 Å². The molecule has 112 valence electrons. The summed E-state index contributed by atoms with van der Waals surface area (Å²) in [5, 5.41) is 4.70. The van der Waals surface area contributed by atoms with Gasteiger partial charge in [0.05, 0.1) is 6.67 Å². The zero-order chi connectivity index (χ0) is 14.8. The second kappa shape index (κ2) is 6.07. The van der Waals surface area contributed by atoms with Crippen LogP contribution in [0.4, 0.5) is 0 Å². The maximum Gasteiger partial charge on any atom is 0.199 e. The maximum atomic E-state index is 5.53. The van der Waals surface area contributed by atoms with E-state index in [2.05, 4.69) is 16.8 Å². The molecule has 0 unspecified atom stereocenters. The van der Waals surface area contributed by atoms with Gasteiger partial charge in [-0.3, -0.25) is 9.88 Å². The van der Waals surface area contributed by atoms with Crippen molar-refractivity contribution < 1.29 is 0 Å². The van der Waals surface area contributed by atoms with Crippen LogP contribution in [0.2, 0.25) is 0 Å². The van der Waals surface area contributed by atoms with Gasteiger partial charge in [0.25, 0.3) is 0 Å². The Morgan fingerprint density at radius 2 is 2.10 bits per heavy atom. The molecular weight excluding hydrogens is 282 g/mol. The fourth-order valence-corrected chi connectivity index (χ4v) is 3.12. The van der Waals surface area contributed by atoms with E-state index in [1.807, 2.05) is 28.4 Å². The molecule has 21 heavy (non-hydrogen) atoms. The molecule has 0 amide bonds. The van der Waals surface area contributed by atoms with Crippen molar-refractivity contribution in [3.63, 3.8) is 0 Å². The second-order valence-electron chi connectivity index (χ2n) is 5.87. The van der Waals surface area contributed by atoms with Gasteiger partial charge in [-0.2, -0.15) is 5.10 Å². The highest BCUT2D eigenvalue weighted by molar-refractivity contribution is 7.71. The molecule has 0 aliphatic carbocycles. The molecule has 3 rings (SSSR count). The number of rotatable bonds is 3. The van der Waals surface area contributed by atoms with Gasteiger partial charge < -0.3 is 4.57 Å². The van der Waals surface area contributed by atoms with E-state index in [4.69, 9.17) is 17.3 Å². The molecule has 0 radical (unpaired) electrons. The molecule has 1 aliphatic rings. The van der Waals surface area contributed by atoms with Crippen molar-refractivity contribution in [2.45, 2.75) is 26.4 Å². The van der Waals surface area contributed by atoms with Gasteiger partial charge in [0.15, 0.2) is 10.6 Å². The van der Waals surface area contributed by atoms with E-state index in [1.165, 1.54) is 12.8 Å². The van der Waals surface area contributed by atoms with E-state index >= 15 is 0 Å². The van der Waals surface area contributed by atoms with Crippen molar-refractivity contribution in [1.82, 2.24) is 24.2 Å². The smallest absolute Gasteiger partial charge is 0.199 e. The van der Waals surface area contributed by atoms with Gasteiger partial charge in [-0.05, 0) is 49.7 Å². The summed E-state index contributed by atoms with van der Waals surface area (Å²) < 4.78 is 4.67. The van der Waals surface area contributed by atoms with Crippen molar-refractivity contribution in [2.75, 3.05) is 13.1 Å².